The predicted molar refractivity (Wildman–Crippen MR) is 58.9 cm³/mol. The molecule has 0 unspecified atom stereocenters. The normalized spacial score (nSPS) is 13.5. The molecule has 1 aliphatic rings. The van der Waals surface area contributed by atoms with Gasteiger partial charge in [0.2, 0.25) is 0 Å². The number of rotatable bonds is 2. The van der Waals surface area contributed by atoms with Gasteiger partial charge in [0.05, 0.1) is 5.70 Å². The molecule has 0 amide bonds. The molecular weight excluding hydrogens is 170 g/mol. The molecule has 1 aromatic carbocycles. The molecular formula is C13H11N. The standard InChI is InChI=1S/C13H11N/c1-11-6-5-9-13(10-11)14-12-7-3-2-4-8-12/h2-4,6-8,10,14H,1H3. The van der Waals surface area contributed by atoms with E-state index >= 15 is 0 Å². The Balaban J connectivity index is 2.21. The summed E-state index contributed by atoms with van der Waals surface area (Å²) in [6.07, 6.45) is 3.96. The molecule has 1 heteroatoms. The van der Waals surface area contributed by atoms with Crippen molar-refractivity contribution in [1.82, 2.24) is 0 Å². The van der Waals surface area contributed by atoms with Crippen molar-refractivity contribution in [1.29, 1.82) is 0 Å². The van der Waals surface area contributed by atoms with Crippen LogP contribution >= 0.6 is 0 Å². The van der Waals surface area contributed by atoms with E-state index < -0.39 is 0 Å². The van der Waals surface area contributed by atoms with Crippen LogP contribution < -0.4 is 5.32 Å². The second-order valence-corrected chi connectivity index (χ2v) is 3.21. The molecule has 0 aromatic heterocycles. The van der Waals surface area contributed by atoms with Crippen LogP contribution in [0.1, 0.15) is 6.92 Å². The van der Waals surface area contributed by atoms with Crippen LogP contribution in [0.2, 0.25) is 0 Å². The minimum absolute atomic E-state index is 0.955. The maximum Gasteiger partial charge on any atom is 0.0903 e. The lowest BCUT2D eigenvalue weighted by molar-refractivity contribution is 1.41. The largest absolute Gasteiger partial charge is 0.349 e. The summed E-state index contributed by atoms with van der Waals surface area (Å²) < 4.78 is 0. The van der Waals surface area contributed by atoms with Crippen LogP contribution in [-0.4, -0.2) is 0 Å². The molecule has 1 nitrogen and oxygen atoms in total. The molecule has 14 heavy (non-hydrogen) atoms. The molecule has 1 N–H and O–H groups in total. The van der Waals surface area contributed by atoms with Crippen molar-refractivity contribution in [2.75, 3.05) is 5.32 Å². The lowest BCUT2D eigenvalue weighted by atomic mass is 10.2. The average molecular weight is 181 g/mol. The van der Waals surface area contributed by atoms with E-state index in [2.05, 4.69) is 16.8 Å². The lowest BCUT2D eigenvalue weighted by Crippen LogP contribution is -1.96. The monoisotopic (exact) mass is 181 g/mol. The van der Waals surface area contributed by atoms with Crippen molar-refractivity contribution < 1.29 is 0 Å². The molecule has 0 atom stereocenters. The summed E-state index contributed by atoms with van der Waals surface area (Å²) in [5.74, 6) is 0. The Labute approximate surface area is 83.8 Å². The van der Waals surface area contributed by atoms with Gasteiger partial charge in [0, 0.05) is 5.69 Å². The van der Waals surface area contributed by atoms with E-state index in [1.165, 1.54) is 5.57 Å². The van der Waals surface area contributed by atoms with Crippen molar-refractivity contribution in [3.05, 3.63) is 65.2 Å². The molecule has 0 aliphatic heterocycles. The Morgan fingerprint density at radius 1 is 1.14 bits per heavy atom. The topological polar surface area (TPSA) is 12.0 Å². The van der Waals surface area contributed by atoms with Crippen molar-refractivity contribution in [2.24, 2.45) is 0 Å². The summed E-state index contributed by atoms with van der Waals surface area (Å²) in [7, 11) is 0. The van der Waals surface area contributed by atoms with Gasteiger partial charge in [-0.05, 0) is 42.5 Å². The lowest BCUT2D eigenvalue weighted by Gasteiger charge is -2.05. The molecule has 1 aromatic rings. The van der Waals surface area contributed by atoms with Gasteiger partial charge in [-0.3, -0.25) is 0 Å². The third-order valence-corrected chi connectivity index (χ3v) is 1.93. The number of para-hydroxylation sites is 1. The zero-order chi connectivity index (χ0) is 9.80. The minimum Gasteiger partial charge on any atom is -0.349 e. The SMILES string of the molecule is CC1=CC(Nc2ccccc2)=C=C=C1. The van der Waals surface area contributed by atoms with Gasteiger partial charge in [-0.1, -0.05) is 23.9 Å². The highest BCUT2D eigenvalue weighted by Gasteiger charge is 1.95. The van der Waals surface area contributed by atoms with Crippen LogP contribution in [0.3, 0.4) is 0 Å². The second-order valence-electron chi connectivity index (χ2n) is 3.21. The minimum atomic E-state index is 0.955. The highest BCUT2D eigenvalue weighted by molar-refractivity contribution is 5.51. The van der Waals surface area contributed by atoms with Crippen LogP contribution in [0.25, 0.3) is 0 Å². The van der Waals surface area contributed by atoms with Crippen LogP contribution in [-0.2, 0) is 0 Å². The number of hydrogen-bond donors (Lipinski definition) is 1. The quantitative estimate of drug-likeness (QED) is 0.690. The highest BCUT2D eigenvalue weighted by atomic mass is 14.9. The summed E-state index contributed by atoms with van der Waals surface area (Å²) in [4.78, 5) is 0. The van der Waals surface area contributed by atoms with E-state index in [1.54, 1.807) is 0 Å². The van der Waals surface area contributed by atoms with Crippen molar-refractivity contribution in [3.8, 4) is 0 Å². The first-order chi connectivity index (χ1) is 6.84. The predicted octanol–water partition coefficient (Wildman–Crippen LogP) is 3.25. The fourth-order valence-corrected chi connectivity index (χ4v) is 1.28. The Bertz CT molecular complexity index is 453. The van der Waals surface area contributed by atoms with Gasteiger partial charge >= 0.3 is 0 Å². The van der Waals surface area contributed by atoms with Crippen molar-refractivity contribution >= 4 is 5.69 Å². The van der Waals surface area contributed by atoms with Gasteiger partial charge < -0.3 is 5.32 Å². The molecule has 0 saturated heterocycles. The van der Waals surface area contributed by atoms with Gasteiger partial charge in [-0.25, -0.2) is 0 Å². The number of hydrogen-bond acceptors (Lipinski definition) is 1. The number of anilines is 1. The van der Waals surface area contributed by atoms with E-state index in [0.29, 0.717) is 0 Å². The fourth-order valence-electron chi connectivity index (χ4n) is 1.28. The van der Waals surface area contributed by atoms with Crippen molar-refractivity contribution in [3.63, 3.8) is 0 Å². The van der Waals surface area contributed by atoms with Crippen LogP contribution in [0.5, 0.6) is 0 Å². The van der Waals surface area contributed by atoms with Gasteiger partial charge in [-0.2, -0.15) is 0 Å². The molecule has 1 aliphatic carbocycles. The first kappa shape index (κ1) is 8.65. The third-order valence-electron chi connectivity index (χ3n) is 1.93. The Morgan fingerprint density at radius 3 is 2.64 bits per heavy atom. The Morgan fingerprint density at radius 2 is 1.93 bits per heavy atom. The number of nitrogens with one attached hydrogen (secondary N) is 1. The smallest absolute Gasteiger partial charge is 0.0903 e. The zero-order valence-corrected chi connectivity index (χ0v) is 8.04. The van der Waals surface area contributed by atoms with Gasteiger partial charge in [0.1, 0.15) is 0 Å². The number of allylic oxidation sites excluding steroid dienone is 3. The molecule has 0 heterocycles. The van der Waals surface area contributed by atoms with Crippen molar-refractivity contribution in [2.45, 2.75) is 6.92 Å². The number of benzene rings is 1. The summed E-state index contributed by atoms with van der Waals surface area (Å²) in [5, 5.41) is 3.26. The molecule has 2 rings (SSSR count). The Hall–Kier alpha value is -1.94. The summed E-state index contributed by atoms with van der Waals surface area (Å²) in [5.41, 5.74) is 9.19. The van der Waals surface area contributed by atoms with Gasteiger partial charge in [0.25, 0.3) is 0 Å². The summed E-state index contributed by atoms with van der Waals surface area (Å²) in [6.45, 7) is 2.04. The van der Waals surface area contributed by atoms with Crippen LogP contribution in [0.15, 0.2) is 65.2 Å². The molecule has 0 fully saturated rings. The first-order valence-electron chi connectivity index (χ1n) is 4.57. The fraction of sp³-hybridized carbons (Fsp3) is 0.0769. The maximum atomic E-state index is 3.26. The van der Waals surface area contributed by atoms with Crippen LogP contribution in [0, 0.1) is 0 Å². The third kappa shape index (κ3) is 2.05. The van der Waals surface area contributed by atoms with E-state index in [-0.39, 0.29) is 0 Å². The Kier molecular flexibility index (Phi) is 2.38. The molecule has 68 valence electrons. The summed E-state index contributed by atoms with van der Waals surface area (Å²) >= 11 is 0. The van der Waals surface area contributed by atoms with Gasteiger partial charge in [0.15, 0.2) is 0 Å². The molecule has 0 radical (unpaired) electrons. The van der Waals surface area contributed by atoms with E-state index in [9.17, 15) is 0 Å². The van der Waals surface area contributed by atoms with E-state index in [4.69, 9.17) is 0 Å². The highest BCUT2D eigenvalue weighted by Crippen LogP contribution is 2.12. The average Bonchev–Trinajstić information content (AvgIpc) is 2.19. The van der Waals surface area contributed by atoms with Crippen LogP contribution in [0.4, 0.5) is 5.69 Å². The molecule has 0 bridgehead atoms. The zero-order valence-electron chi connectivity index (χ0n) is 8.04. The summed E-state index contributed by atoms with van der Waals surface area (Å²) in [6, 6.07) is 10.0. The molecule has 0 saturated carbocycles. The molecule has 0 spiro atoms. The van der Waals surface area contributed by atoms with Gasteiger partial charge in [-0.15, -0.1) is 0 Å². The second kappa shape index (κ2) is 3.85. The first-order valence-corrected chi connectivity index (χ1v) is 4.57. The van der Waals surface area contributed by atoms with E-state index in [1.807, 2.05) is 49.4 Å². The van der Waals surface area contributed by atoms with E-state index in [0.717, 1.165) is 11.4 Å². The maximum absolute atomic E-state index is 3.26.